The van der Waals surface area contributed by atoms with Crippen molar-refractivity contribution in [3.05, 3.63) is 98.3 Å². The third-order valence-electron chi connectivity index (χ3n) is 3.78. The zero-order chi connectivity index (χ0) is 21.5. The first kappa shape index (κ1) is 20.8. The Labute approximate surface area is 178 Å². The van der Waals surface area contributed by atoms with E-state index in [0.717, 1.165) is 6.21 Å². The van der Waals surface area contributed by atoms with Crippen molar-refractivity contribution in [3.8, 4) is 5.75 Å². The molecule has 0 aliphatic rings. The highest BCUT2D eigenvalue weighted by atomic mass is 79.9. The van der Waals surface area contributed by atoms with Crippen LogP contribution in [0.1, 0.15) is 26.3 Å². The second kappa shape index (κ2) is 9.52. The quantitative estimate of drug-likeness (QED) is 0.193. The molecule has 0 radical (unpaired) electrons. The van der Waals surface area contributed by atoms with Crippen LogP contribution in [0.25, 0.3) is 0 Å². The van der Waals surface area contributed by atoms with Gasteiger partial charge in [0, 0.05) is 35.7 Å². The van der Waals surface area contributed by atoms with Crippen LogP contribution in [0.5, 0.6) is 5.75 Å². The van der Waals surface area contributed by atoms with Gasteiger partial charge >= 0.3 is 5.97 Å². The van der Waals surface area contributed by atoms with Crippen molar-refractivity contribution in [3.63, 3.8) is 0 Å². The molecule has 9 nitrogen and oxygen atoms in total. The van der Waals surface area contributed by atoms with Gasteiger partial charge in [-0.05, 0) is 40.2 Å². The van der Waals surface area contributed by atoms with Crippen molar-refractivity contribution in [2.75, 3.05) is 0 Å². The Hall–Kier alpha value is -3.92. The van der Waals surface area contributed by atoms with E-state index in [4.69, 9.17) is 4.74 Å². The number of hydrogen-bond acceptors (Lipinski definition) is 7. The summed E-state index contributed by atoms with van der Waals surface area (Å²) in [6, 6.07) is 13.7. The monoisotopic (exact) mass is 468 g/mol. The molecule has 150 valence electrons. The van der Waals surface area contributed by atoms with Crippen LogP contribution in [0, 0.1) is 10.1 Å². The number of nitrogens with one attached hydrogen (secondary N) is 1. The molecule has 2 aromatic carbocycles. The van der Waals surface area contributed by atoms with Gasteiger partial charge < -0.3 is 4.74 Å². The molecule has 3 rings (SSSR count). The largest absolute Gasteiger partial charge is 0.421 e. The topological polar surface area (TPSA) is 124 Å². The lowest BCUT2D eigenvalue weighted by atomic mass is 10.2. The van der Waals surface area contributed by atoms with E-state index in [1.807, 2.05) is 0 Å². The fraction of sp³-hybridized carbons (Fsp3) is 0. The SMILES string of the molecule is O=C(N/N=C\c1cc([N+](=O)[O-])cc(Br)c1OC(=O)c1ccccc1)c1ccncc1. The number of nitro benzene ring substituents is 1. The Balaban J connectivity index is 1.88. The van der Waals surface area contributed by atoms with Gasteiger partial charge in [-0.15, -0.1) is 0 Å². The molecule has 1 N–H and O–H groups in total. The molecule has 0 saturated carbocycles. The second-order valence-corrected chi connectivity index (χ2v) is 6.65. The van der Waals surface area contributed by atoms with Crippen LogP contribution in [-0.2, 0) is 0 Å². The molecule has 30 heavy (non-hydrogen) atoms. The van der Waals surface area contributed by atoms with Crippen LogP contribution >= 0.6 is 15.9 Å². The molecule has 0 unspecified atom stereocenters. The van der Waals surface area contributed by atoms with E-state index in [-0.39, 0.29) is 21.5 Å². The predicted molar refractivity (Wildman–Crippen MR) is 111 cm³/mol. The van der Waals surface area contributed by atoms with Gasteiger partial charge in [0.25, 0.3) is 11.6 Å². The summed E-state index contributed by atoms with van der Waals surface area (Å²) in [6.45, 7) is 0. The maximum Gasteiger partial charge on any atom is 0.343 e. The Morgan fingerprint density at radius 1 is 1.10 bits per heavy atom. The Morgan fingerprint density at radius 2 is 1.80 bits per heavy atom. The number of amides is 1. The summed E-state index contributed by atoms with van der Waals surface area (Å²) in [6.07, 6.45) is 4.07. The van der Waals surface area contributed by atoms with E-state index in [1.165, 1.54) is 36.7 Å². The zero-order valence-corrected chi connectivity index (χ0v) is 16.8. The molecular formula is C20H13BrN4O5. The van der Waals surface area contributed by atoms with E-state index >= 15 is 0 Å². The number of nitro groups is 1. The smallest absolute Gasteiger partial charge is 0.343 e. The number of hydrogen-bond donors (Lipinski definition) is 1. The Kier molecular flexibility index (Phi) is 6.60. The van der Waals surface area contributed by atoms with Crippen molar-refractivity contribution in [1.29, 1.82) is 0 Å². The fourth-order valence-corrected chi connectivity index (χ4v) is 2.91. The number of nitrogens with zero attached hydrogens (tertiary/aromatic N) is 3. The fourth-order valence-electron chi connectivity index (χ4n) is 2.36. The zero-order valence-electron chi connectivity index (χ0n) is 15.2. The van der Waals surface area contributed by atoms with Crippen molar-refractivity contribution in [2.45, 2.75) is 0 Å². The number of aromatic nitrogens is 1. The highest BCUT2D eigenvalue weighted by Crippen LogP contribution is 2.33. The van der Waals surface area contributed by atoms with Crippen molar-refractivity contribution < 1.29 is 19.2 Å². The molecule has 0 spiro atoms. The summed E-state index contributed by atoms with van der Waals surface area (Å²) >= 11 is 3.19. The number of carbonyl (C=O) groups excluding carboxylic acids is 2. The first-order chi connectivity index (χ1) is 14.5. The number of non-ortho nitro benzene ring substituents is 1. The van der Waals surface area contributed by atoms with Gasteiger partial charge in [-0.3, -0.25) is 19.9 Å². The maximum absolute atomic E-state index is 12.4. The lowest BCUT2D eigenvalue weighted by molar-refractivity contribution is -0.385. The highest BCUT2D eigenvalue weighted by Gasteiger charge is 2.19. The van der Waals surface area contributed by atoms with E-state index in [0.29, 0.717) is 11.1 Å². The first-order valence-electron chi connectivity index (χ1n) is 8.44. The molecule has 0 fully saturated rings. The number of carbonyl (C=O) groups is 2. The molecule has 1 amide bonds. The molecule has 10 heteroatoms. The number of benzene rings is 2. The molecule has 0 aliphatic carbocycles. The van der Waals surface area contributed by atoms with Gasteiger partial charge in [-0.1, -0.05) is 18.2 Å². The molecular weight excluding hydrogens is 456 g/mol. The van der Waals surface area contributed by atoms with E-state index in [9.17, 15) is 19.7 Å². The molecule has 0 bridgehead atoms. The van der Waals surface area contributed by atoms with Crippen molar-refractivity contribution in [1.82, 2.24) is 10.4 Å². The minimum Gasteiger partial charge on any atom is -0.421 e. The van der Waals surface area contributed by atoms with Crippen LogP contribution in [0.3, 0.4) is 0 Å². The molecule has 0 saturated heterocycles. The number of pyridine rings is 1. The van der Waals surface area contributed by atoms with E-state index in [2.05, 4.69) is 31.4 Å². The average Bonchev–Trinajstić information content (AvgIpc) is 2.76. The van der Waals surface area contributed by atoms with Crippen molar-refractivity contribution in [2.24, 2.45) is 5.10 Å². The summed E-state index contributed by atoms with van der Waals surface area (Å²) in [5.74, 6) is -1.13. The Bertz CT molecular complexity index is 1120. The third-order valence-corrected chi connectivity index (χ3v) is 4.37. The minimum atomic E-state index is -0.652. The molecule has 1 aromatic heterocycles. The van der Waals surface area contributed by atoms with Gasteiger partial charge in [0.1, 0.15) is 0 Å². The van der Waals surface area contributed by atoms with Gasteiger partial charge in [0.2, 0.25) is 0 Å². The molecule has 0 atom stereocenters. The van der Waals surface area contributed by atoms with Gasteiger partial charge in [-0.2, -0.15) is 5.10 Å². The summed E-state index contributed by atoms with van der Waals surface area (Å²) in [4.78, 5) is 38.9. The standard InChI is InChI=1S/C20H13BrN4O5/c21-17-11-16(25(28)29)10-15(12-23-24-19(26)13-6-8-22-9-7-13)18(17)30-20(27)14-4-2-1-3-5-14/h1-12H,(H,24,26)/b23-12-. The van der Waals surface area contributed by atoms with Crippen LogP contribution < -0.4 is 10.2 Å². The van der Waals surface area contributed by atoms with Gasteiger partial charge in [0.05, 0.1) is 21.2 Å². The summed E-state index contributed by atoms with van der Waals surface area (Å²) < 4.78 is 5.60. The van der Waals surface area contributed by atoms with Crippen molar-refractivity contribution >= 4 is 39.7 Å². The summed E-state index contributed by atoms with van der Waals surface area (Å²) in [5, 5.41) is 15.0. The molecule has 0 aliphatic heterocycles. The van der Waals surface area contributed by atoms with Crippen LogP contribution in [0.4, 0.5) is 5.69 Å². The summed E-state index contributed by atoms with van der Waals surface area (Å²) in [5.41, 5.74) is 2.81. The average molecular weight is 469 g/mol. The van der Waals surface area contributed by atoms with Gasteiger partial charge in [0.15, 0.2) is 5.75 Å². The lowest BCUT2D eigenvalue weighted by Crippen LogP contribution is -2.17. The Morgan fingerprint density at radius 3 is 2.47 bits per heavy atom. The maximum atomic E-state index is 12.4. The van der Waals surface area contributed by atoms with E-state index in [1.54, 1.807) is 30.3 Å². The number of halogens is 1. The van der Waals surface area contributed by atoms with Crippen LogP contribution in [0.15, 0.2) is 76.6 Å². The van der Waals surface area contributed by atoms with Gasteiger partial charge in [-0.25, -0.2) is 10.2 Å². The molecule has 3 aromatic rings. The predicted octanol–water partition coefficient (Wildman–Crippen LogP) is 3.74. The molecule has 1 heterocycles. The summed E-state index contributed by atoms with van der Waals surface area (Å²) in [7, 11) is 0. The third kappa shape index (κ3) is 5.11. The van der Waals surface area contributed by atoms with E-state index < -0.39 is 16.8 Å². The number of esters is 1. The van der Waals surface area contributed by atoms with Crippen LogP contribution in [0.2, 0.25) is 0 Å². The van der Waals surface area contributed by atoms with Crippen LogP contribution in [-0.4, -0.2) is 28.0 Å². The second-order valence-electron chi connectivity index (χ2n) is 5.79. The highest BCUT2D eigenvalue weighted by molar-refractivity contribution is 9.10. The number of hydrazone groups is 1. The number of ether oxygens (including phenoxy) is 1. The normalized spacial score (nSPS) is 10.6. The lowest BCUT2D eigenvalue weighted by Gasteiger charge is -2.10. The first-order valence-corrected chi connectivity index (χ1v) is 9.23. The minimum absolute atomic E-state index is 0.0244. The number of rotatable bonds is 6.